The molecule has 2 nitrogen and oxygen atoms in total. The van der Waals surface area contributed by atoms with Gasteiger partial charge in [0.15, 0.2) is 0 Å². The van der Waals surface area contributed by atoms with Crippen molar-refractivity contribution in [3.8, 4) is 0 Å². The molecule has 0 radical (unpaired) electrons. The molecule has 2 aromatic rings. The van der Waals surface area contributed by atoms with E-state index in [1.807, 2.05) is 12.1 Å². The summed E-state index contributed by atoms with van der Waals surface area (Å²) >= 11 is 11.5. The van der Waals surface area contributed by atoms with E-state index in [0.29, 0.717) is 11.6 Å². The van der Waals surface area contributed by atoms with Crippen molar-refractivity contribution < 1.29 is 4.39 Å². The van der Waals surface area contributed by atoms with E-state index in [4.69, 9.17) is 28.9 Å². The first-order chi connectivity index (χ1) is 9.10. The summed E-state index contributed by atoms with van der Waals surface area (Å²) < 4.78 is 13.4. The topological polar surface area (TPSA) is 38.0 Å². The second-order valence-electron chi connectivity index (χ2n) is 4.11. The molecule has 0 saturated heterocycles. The van der Waals surface area contributed by atoms with E-state index in [0.717, 1.165) is 11.3 Å². The van der Waals surface area contributed by atoms with E-state index in [-0.39, 0.29) is 11.1 Å². The van der Waals surface area contributed by atoms with Gasteiger partial charge >= 0.3 is 0 Å². The van der Waals surface area contributed by atoms with Crippen molar-refractivity contribution >= 4 is 28.9 Å². The van der Waals surface area contributed by atoms with Gasteiger partial charge in [-0.1, -0.05) is 29.3 Å². The summed E-state index contributed by atoms with van der Waals surface area (Å²) in [6.45, 7) is 0.337. The van der Waals surface area contributed by atoms with Gasteiger partial charge in [0.05, 0.1) is 11.1 Å². The van der Waals surface area contributed by atoms with Gasteiger partial charge in [-0.2, -0.15) is 0 Å². The summed E-state index contributed by atoms with van der Waals surface area (Å²) in [5.41, 5.74) is 7.35. The molecule has 0 heterocycles. The largest absolute Gasteiger partial charge is 0.377 e. The number of benzene rings is 2. The summed E-state index contributed by atoms with van der Waals surface area (Å²) in [6.07, 6.45) is 0. The minimum atomic E-state index is -0.449. The van der Waals surface area contributed by atoms with Crippen LogP contribution in [0.5, 0.6) is 0 Å². The molecule has 19 heavy (non-hydrogen) atoms. The molecule has 5 heteroatoms. The van der Waals surface area contributed by atoms with Crippen LogP contribution in [0.25, 0.3) is 0 Å². The molecule has 1 atom stereocenters. The molecule has 2 rings (SSSR count). The highest BCUT2D eigenvalue weighted by Crippen LogP contribution is 2.23. The standard InChI is InChI=1S/C14H13Cl2FN2/c15-10-2-4-11(5-3-10)19-14(8-18)9-1-6-12(16)13(17)7-9/h1-7,14,19H,8,18H2. The zero-order valence-corrected chi connectivity index (χ0v) is 11.5. The van der Waals surface area contributed by atoms with Crippen LogP contribution < -0.4 is 11.1 Å². The summed E-state index contributed by atoms with van der Waals surface area (Å²) in [4.78, 5) is 0. The summed E-state index contributed by atoms with van der Waals surface area (Å²) in [7, 11) is 0. The van der Waals surface area contributed by atoms with Crippen molar-refractivity contribution in [1.29, 1.82) is 0 Å². The first kappa shape index (κ1) is 14.1. The van der Waals surface area contributed by atoms with E-state index >= 15 is 0 Å². The second kappa shape index (κ2) is 6.24. The highest BCUT2D eigenvalue weighted by molar-refractivity contribution is 6.31. The number of nitrogens with one attached hydrogen (secondary N) is 1. The molecule has 0 aliphatic carbocycles. The molecule has 0 aromatic heterocycles. The lowest BCUT2D eigenvalue weighted by Gasteiger charge is -2.19. The third-order valence-electron chi connectivity index (χ3n) is 2.77. The monoisotopic (exact) mass is 298 g/mol. The maximum absolute atomic E-state index is 13.4. The van der Waals surface area contributed by atoms with Gasteiger partial charge in [-0.25, -0.2) is 4.39 Å². The fraction of sp³-hybridized carbons (Fsp3) is 0.143. The van der Waals surface area contributed by atoms with Crippen molar-refractivity contribution in [3.05, 3.63) is 63.9 Å². The van der Waals surface area contributed by atoms with E-state index in [1.165, 1.54) is 12.1 Å². The Morgan fingerprint density at radius 3 is 2.37 bits per heavy atom. The van der Waals surface area contributed by atoms with Crippen molar-refractivity contribution in [2.75, 3.05) is 11.9 Å². The fourth-order valence-electron chi connectivity index (χ4n) is 1.75. The Morgan fingerprint density at radius 2 is 1.79 bits per heavy atom. The molecule has 0 spiro atoms. The van der Waals surface area contributed by atoms with E-state index in [2.05, 4.69) is 5.32 Å². The Hall–Kier alpha value is -1.29. The van der Waals surface area contributed by atoms with Crippen molar-refractivity contribution in [3.63, 3.8) is 0 Å². The lowest BCUT2D eigenvalue weighted by Crippen LogP contribution is -2.20. The average Bonchev–Trinajstić information content (AvgIpc) is 2.41. The predicted octanol–water partition coefficient (Wildman–Crippen LogP) is 4.24. The third-order valence-corrected chi connectivity index (χ3v) is 3.33. The maximum atomic E-state index is 13.4. The highest BCUT2D eigenvalue weighted by Gasteiger charge is 2.11. The number of halogens is 3. The Balaban J connectivity index is 2.19. The number of nitrogens with two attached hydrogens (primary N) is 1. The number of hydrogen-bond donors (Lipinski definition) is 2. The van der Waals surface area contributed by atoms with Crippen LogP contribution in [0.15, 0.2) is 42.5 Å². The second-order valence-corrected chi connectivity index (χ2v) is 4.96. The lowest BCUT2D eigenvalue weighted by molar-refractivity contribution is 0.623. The van der Waals surface area contributed by atoms with Crippen LogP contribution in [-0.2, 0) is 0 Å². The molecular weight excluding hydrogens is 286 g/mol. The average molecular weight is 299 g/mol. The maximum Gasteiger partial charge on any atom is 0.142 e. The Morgan fingerprint density at radius 1 is 1.11 bits per heavy atom. The van der Waals surface area contributed by atoms with Crippen LogP contribution in [-0.4, -0.2) is 6.54 Å². The molecule has 0 fully saturated rings. The predicted molar refractivity (Wildman–Crippen MR) is 78.3 cm³/mol. The zero-order valence-electron chi connectivity index (χ0n) is 10.0. The van der Waals surface area contributed by atoms with Crippen LogP contribution in [0.2, 0.25) is 10.0 Å². The Bertz CT molecular complexity index is 558. The van der Waals surface area contributed by atoms with Gasteiger partial charge in [-0.3, -0.25) is 0 Å². The first-order valence-electron chi connectivity index (χ1n) is 5.77. The van der Waals surface area contributed by atoms with Crippen LogP contribution in [0.3, 0.4) is 0 Å². The molecule has 2 aromatic carbocycles. The van der Waals surface area contributed by atoms with Gasteiger partial charge in [0.1, 0.15) is 5.82 Å². The molecule has 100 valence electrons. The minimum Gasteiger partial charge on any atom is -0.377 e. The van der Waals surface area contributed by atoms with Gasteiger partial charge in [0.25, 0.3) is 0 Å². The van der Waals surface area contributed by atoms with Gasteiger partial charge in [0, 0.05) is 17.3 Å². The van der Waals surface area contributed by atoms with Crippen LogP contribution in [0, 0.1) is 5.82 Å². The first-order valence-corrected chi connectivity index (χ1v) is 6.53. The number of rotatable bonds is 4. The van der Waals surface area contributed by atoms with Crippen molar-refractivity contribution in [1.82, 2.24) is 0 Å². The van der Waals surface area contributed by atoms with Crippen molar-refractivity contribution in [2.24, 2.45) is 5.73 Å². The molecule has 0 saturated carbocycles. The number of hydrogen-bond acceptors (Lipinski definition) is 2. The smallest absolute Gasteiger partial charge is 0.142 e. The lowest BCUT2D eigenvalue weighted by atomic mass is 10.1. The fourth-order valence-corrected chi connectivity index (χ4v) is 2.00. The zero-order chi connectivity index (χ0) is 13.8. The Kier molecular flexibility index (Phi) is 4.64. The minimum absolute atomic E-state index is 0.103. The SMILES string of the molecule is NCC(Nc1ccc(Cl)cc1)c1ccc(Cl)c(F)c1. The van der Waals surface area contributed by atoms with Gasteiger partial charge in [-0.15, -0.1) is 0 Å². The summed E-state index contributed by atoms with van der Waals surface area (Å²) in [5.74, 6) is -0.449. The van der Waals surface area contributed by atoms with Crippen molar-refractivity contribution in [2.45, 2.75) is 6.04 Å². The van der Waals surface area contributed by atoms with Gasteiger partial charge < -0.3 is 11.1 Å². The van der Waals surface area contributed by atoms with E-state index in [1.54, 1.807) is 18.2 Å². The summed E-state index contributed by atoms with van der Waals surface area (Å²) in [6, 6.07) is 11.7. The molecule has 0 amide bonds. The van der Waals surface area contributed by atoms with Crippen LogP contribution in [0.1, 0.15) is 11.6 Å². The van der Waals surface area contributed by atoms with Gasteiger partial charge in [-0.05, 0) is 42.0 Å². The van der Waals surface area contributed by atoms with Crippen LogP contribution in [0.4, 0.5) is 10.1 Å². The molecule has 0 aliphatic rings. The quantitative estimate of drug-likeness (QED) is 0.886. The van der Waals surface area contributed by atoms with Gasteiger partial charge in [0.2, 0.25) is 0 Å². The normalized spacial score (nSPS) is 12.2. The molecular formula is C14H13Cl2FN2. The highest BCUT2D eigenvalue weighted by atomic mass is 35.5. The third kappa shape index (κ3) is 3.60. The molecule has 1 unspecified atom stereocenters. The van der Waals surface area contributed by atoms with Crippen LogP contribution >= 0.6 is 23.2 Å². The van der Waals surface area contributed by atoms with E-state index in [9.17, 15) is 4.39 Å². The Labute approximate surface area is 121 Å². The summed E-state index contributed by atoms with van der Waals surface area (Å²) in [5, 5.41) is 3.99. The molecule has 0 aliphatic heterocycles. The number of anilines is 1. The molecule has 0 bridgehead atoms. The van der Waals surface area contributed by atoms with E-state index < -0.39 is 5.82 Å². The molecule has 3 N–H and O–H groups in total.